The van der Waals surface area contributed by atoms with Gasteiger partial charge in [-0.05, 0) is 44.8 Å². The zero-order valence-corrected chi connectivity index (χ0v) is 13.7. The molecular weight excluding hydrogens is 327 g/mol. The maximum Gasteiger partial charge on any atom is 0.190 e. The Hall–Kier alpha value is -0.0400. The van der Waals surface area contributed by atoms with Gasteiger partial charge in [0.05, 0.1) is 0 Å². The first-order chi connectivity index (χ1) is 7.59. The molecule has 0 radical (unpaired) electrons. The summed E-state index contributed by atoms with van der Waals surface area (Å²) < 4.78 is 0. The van der Waals surface area contributed by atoms with Crippen LogP contribution in [0.3, 0.4) is 0 Å². The summed E-state index contributed by atoms with van der Waals surface area (Å²) in [6, 6.07) is 0. The van der Waals surface area contributed by atoms with E-state index in [1.54, 1.807) is 0 Å². The van der Waals surface area contributed by atoms with Crippen LogP contribution in [0.2, 0.25) is 0 Å². The molecule has 1 rings (SSSR count). The zero-order valence-electron chi connectivity index (χ0n) is 11.4. The second kappa shape index (κ2) is 8.97. The molecule has 1 saturated heterocycles. The van der Waals surface area contributed by atoms with Crippen molar-refractivity contribution in [1.82, 2.24) is 9.80 Å². The van der Waals surface area contributed by atoms with Crippen LogP contribution in [0.1, 0.15) is 26.2 Å². The standard InChI is InChI=1S/C12H26N4.HI/c1-11-5-9-16(10-6-11)8-4-7-14-12(13)15(2)3;/h11H,4-10H2,1-3H3,(H2,13,14);1H. The maximum absolute atomic E-state index is 5.72. The van der Waals surface area contributed by atoms with Crippen molar-refractivity contribution in [3.63, 3.8) is 0 Å². The first-order valence-electron chi connectivity index (χ1n) is 6.29. The molecule has 0 unspecified atom stereocenters. The van der Waals surface area contributed by atoms with E-state index < -0.39 is 0 Å². The van der Waals surface area contributed by atoms with Crippen molar-refractivity contribution >= 4 is 29.9 Å². The molecule has 4 nitrogen and oxygen atoms in total. The van der Waals surface area contributed by atoms with Gasteiger partial charge >= 0.3 is 0 Å². The summed E-state index contributed by atoms with van der Waals surface area (Å²) in [6.45, 7) is 6.87. The number of nitrogens with zero attached hydrogens (tertiary/aromatic N) is 3. The van der Waals surface area contributed by atoms with Gasteiger partial charge in [0.15, 0.2) is 5.96 Å². The number of halogens is 1. The van der Waals surface area contributed by atoms with Crippen molar-refractivity contribution in [2.24, 2.45) is 16.6 Å². The lowest BCUT2D eigenvalue weighted by Gasteiger charge is -2.29. The predicted molar refractivity (Wildman–Crippen MR) is 85.0 cm³/mol. The van der Waals surface area contributed by atoms with Crippen LogP contribution in [0.15, 0.2) is 4.99 Å². The second-order valence-electron chi connectivity index (χ2n) is 5.01. The number of guanidine groups is 1. The molecule has 0 amide bonds. The fraction of sp³-hybridized carbons (Fsp3) is 0.917. The molecule has 0 aromatic carbocycles. The minimum absolute atomic E-state index is 0. The number of nitrogens with two attached hydrogens (primary N) is 1. The third-order valence-corrected chi connectivity index (χ3v) is 3.24. The van der Waals surface area contributed by atoms with E-state index in [4.69, 9.17) is 5.73 Å². The molecule has 0 aliphatic carbocycles. The Bertz CT molecular complexity index is 223. The van der Waals surface area contributed by atoms with Gasteiger partial charge in [-0.2, -0.15) is 0 Å². The number of piperidine rings is 1. The summed E-state index contributed by atoms with van der Waals surface area (Å²) in [6.07, 6.45) is 3.81. The summed E-state index contributed by atoms with van der Waals surface area (Å²) in [5, 5.41) is 0. The van der Waals surface area contributed by atoms with Crippen LogP contribution in [-0.4, -0.2) is 56.0 Å². The van der Waals surface area contributed by atoms with Crippen LogP contribution < -0.4 is 5.73 Å². The Morgan fingerprint density at radius 2 is 1.94 bits per heavy atom. The molecule has 1 fully saturated rings. The molecule has 102 valence electrons. The third kappa shape index (κ3) is 7.08. The molecule has 0 spiro atoms. The highest BCUT2D eigenvalue weighted by atomic mass is 127. The Kier molecular flexibility index (Phi) is 8.94. The third-order valence-electron chi connectivity index (χ3n) is 3.24. The van der Waals surface area contributed by atoms with Gasteiger partial charge in [-0.25, -0.2) is 0 Å². The average Bonchev–Trinajstić information content (AvgIpc) is 2.26. The number of likely N-dealkylation sites (tertiary alicyclic amines) is 1. The number of hydrogen-bond acceptors (Lipinski definition) is 2. The number of aliphatic imine (C=N–C) groups is 1. The molecule has 1 heterocycles. The van der Waals surface area contributed by atoms with Gasteiger partial charge in [0.1, 0.15) is 0 Å². The lowest BCUT2D eigenvalue weighted by molar-refractivity contribution is 0.191. The lowest BCUT2D eigenvalue weighted by atomic mass is 9.99. The maximum atomic E-state index is 5.72. The molecular formula is C12H27IN4. The smallest absolute Gasteiger partial charge is 0.190 e. The molecule has 1 aliphatic heterocycles. The second-order valence-corrected chi connectivity index (χ2v) is 5.01. The van der Waals surface area contributed by atoms with Crippen molar-refractivity contribution in [3.05, 3.63) is 0 Å². The largest absolute Gasteiger partial charge is 0.370 e. The topological polar surface area (TPSA) is 44.9 Å². The SMILES string of the molecule is CC1CCN(CCCN=C(N)N(C)C)CC1.I. The van der Waals surface area contributed by atoms with Crippen molar-refractivity contribution in [3.8, 4) is 0 Å². The summed E-state index contributed by atoms with van der Waals surface area (Å²) in [7, 11) is 3.84. The summed E-state index contributed by atoms with van der Waals surface area (Å²) in [4.78, 5) is 8.71. The highest BCUT2D eigenvalue weighted by molar-refractivity contribution is 14.0. The molecule has 1 aliphatic rings. The minimum Gasteiger partial charge on any atom is -0.370 e. The van der Waals surface area contributed by atoms with Crippen LogP contribution in [0.5, 0.6) is 0 Å². The summed E-state index contributed by atoms with van der Waals surface area (Å²) in [5.41, 5.74) is 5.72. The van der Waals surface area contributed by atoms with Crippen molar-refractivity contribution in [1.29, 1.82) is 0 Å². The summed E-state index contributed by atoms with van der Waals surface area (Å²) >= 11 is 0. The molecule has 0 aromatic heterocycles. The zero-order chi connectivity index (χ0) is 12.0. The Morgan fingerprint density at radius 1 is 1.35 bits per heavy atom. The van der Waals surface area contributed by atoms with Crippen molar-refractivity contribution in [2.75, 3.05) is 40.3 Å². The van der Waals surface area contributed by atoms with Gasteiger partial charge in [0.2, 0.25) is 0 Å². The fourth-order valence-electron chi connectivity index (χ4n) is 1.92. The highest BCUT2D eigenvalue weighted by Crippen LogP contribution is 2.15. The average molecular weight is 354 g/mol. The van der Waals surface area contributed by atoms with Gasteiger partial charge in [-0.3, -0.25) is 4.99 Å². The monoisotopic (exact) mass is 354 g/mol. The van der Waals surface area contributed by atoms with Gasteiger partial charge < -0.3 is 15.5 Å². The van der Waals surface area contributed by atoms with E-state index in [0.29, 0.717) is 5.96 Å². The normalized spacial score (nSPS) is 18.9. The van der Waals surface area contributed by atoms with Gasteiger partial charge in [0.25, 0.3) is 0 Å². The van der Waals surface area contributed by atoms with Crippen molar-refractivity contribution < 1.29 is 0 Å². The first-order valence-corrected chi connectivity index (χ1v) is 6.29. The summed E-state index contributed by atoms with van der Waals surface area (Å²) in [5.74, 6) is 1.55. The predicted octanol–water partition coefficient (Wildman–Crippen LogP) is 1.60. The number of rotatable bonds is 4. The fourth-order valence-corrected chi connectivity index (χ4v) is 1.92. The van der Waals surface area contributed by atoms with E-state index in [-0.39, 0.29) is 24.0 Å². The molecule has 2 N–H and O–H groups in total. The van der Waals surface area contributed by atoms with Crippen LogP contribution in [0, 0.1) is 5.92 Å². The van der Waals surface area contributed by atoms with Crippen LogP contribution >= 0.6 is 24.0 Å². The van der Waals surface area contributed by atoms with E-state index in [1.807, 2.05) is 19.0 Å². The molecule has 0 atom stereocenters. The van der Waals surface area contributed by atoms with E-state index in [2.05, 4.69) is 16.8 Å². The Balaban J connectivity index is 0.00000256. The van der Waals surface area contributed by atoms with Gasteiger partial charge in [-0.15, -0.1) is 24.0 Å². The minimum atomic E-state index is 0. The lowest BCUT2D eigenvalue weighted by Crippen LogP contribution is -2.34. The molecule has 5 heteroatoms. The van der Waals surface area contributed by atoms with Gasteiger partial charge in [0, 0.05) is 20.6 Å². The Morgan fingerprint density at radius 3 is 2.47 bits per heavy atom. The molecule has 0 aromatic rings. The Labute approximate surface area is 123 Å². The van der Waals surface area contributed by atoms with E-state index in [1.165, 1.54) is 25.9 Å². The highest BCUT2D eigenvalue weighted by Gasteiger charge is 2.14. The number of hydrogen-bond donors (Lipinski definition) is 1. The van der Waals surface area contributed by atoms with E-state index in [9.17, 15) is 0 Å². The van der Waals surface area contributed by atoms with Crippen LogP contribution in [-0.2, 0) is 0 Å². The van der Waals surface area contributed by atoms with E-state index in [0.717, 1.165) is 25.4 Å². The van der Waals surface area contributed by atoms with Crippen LogP contribution in [0.25, 0.3) is 0 Å². The van der Waals surface area contributed by atoms with Gasteiger partial charge in [-0.1, -0.05) is 6.92 Å². The molecule has 0 bridgehead atoms. The first kappa shape index (κ1) is 17.0. The molecule has 17 heavy (non-hydrogen) atoms. The van der Waals surface area contributed by atoms with Crippen molar-refractivity contribution in [2.45, 2.75) is 26.2 Å². The molecule has 0 saturated carbocycles. The van der Waals surface area contributed by atoms with E-state index >= 15 is 0 Å². The van der Waals surface area contributed by atoms with Crippen LogP contribution in [0.4, 0.5) is 0 Å². The quantitative estimate of drug-likeness (QED) is 0.361.